The van der Waals surface area contributed by atoms with E-state index in [0.29, 0.717) is 19.4 Å². The van der Waals surface area contributed by atoms with Gasteiger partial charge in [0.1, 0.15) is 0 Å². The molecule has 0 fully saturated rings. The Balaban J connectivity index is 4.49. The number of carbonyl (C=O) groups excluding carboxylic acids is 1. The summed E-state index contributed by atoms with van der Waals surface area (Å²) < 4.78 is 4.95. The van der Waals surface area contributed by atoms with Crippen molar-refractivity contribution in [2.45, 2.75) is 52.6 Å². The van der Waals surface area contributed by atoms with Gasteiger partial charge in [0, 0.05) is 0 Å². The van der Waals surface area contributed by atoms with Crippen LogP contribution in [0.1, 0.15) is 47.0 Å². The molecule has 3 heteroatoms. The maximum atomic E-state index is 11.6. The molecule has 0 aromatic heterocycles. The highest BCUT2D eigenvalue weighted by Gasteiger charge is 2.36. The lowest BCUT2D eigenvalue weighted by atomic mass is 9.84. The molecule has 0 bridgehead atoms. The van der Waals surface area contributed by atoms with Gasteiger partial charge in [0.25, 0.3) is 0 Å². The number of rotatable bonds is 6. The third-order valence-corrected chi connectivity index (χ3v) is 2.61. The molecule has 0 saturated carbocycles. The molecular weight excluding hydrogens is 180 g/mol. The summed E-state index contributed by atoms with van der Waals surface area (Å²) in [6.45, 7) is 7.73. The molecule has 1 N–H and O–H groups in total. The quantitative estimate of drug-likeness (QED) is 0.671. The second kappa shape index (κ2) is 6.02. The lowest BCUT2D eigenvalue weighted by molar-refractivity contribution is -0.158. The van der Waals surface area contributed by atoms with E-state index >= 15 is 0 Å². The van der Waals surface area contributed by atoms with Gasteiger partial charge in [0.15, 0.2) is 0 Å². The summed E-state index contributed by atoms with van der Waals surface area (Å²) in [6, 6.07) is 0. The van der Waals surface area contributed by atoms with E-state index in [4.69, 9.17) is 4.74 Å². The average Bonchev–Trinajstić information content (AvgIpc) is 2.14. The van der Waals surface area contributed by atoms with Crippen LogP contribution in [0, 0.1) is 5.92 Å². The molecule has 14 heavy (non-hydrogen) atoms. The summed E-state index contributed by atoms with van der Waals surface area (Å²) in [5.41, 5.74) is -0.942. The van der Waals surface area contributed by atoms with Crippen molar-refractivity contribution in [3.63, 3.8) is 0 Å². The van der Waals surface area contributed by atoms with Crippen LogP contribution in [0.3, 0.4) is 0 Å². The summed E-state index contributed by atoms with van der Waals surface area (Å²) in [5.74, 6) is -0.668. The van der Waals surface area contributed by atoms with Gasteiger partial charge in [0.2, 0.25) is 0 Å². The smallest absolute Gasteiger partial charge is 0.311 e. The van der Waals surface area contributed by atoms with Crippen LogP contribution < -0.4 is 0 Å². The number of carbonyl (C=O) groups is 1. The Bertz CT molecular complexity index is 175. The molecule has 84 valence electrons. The van der Waals surface area contributed by atoms with E-state index in [9.17, 15) is 9.90 Å². The fourth-order valence-electron chi connectivity index (χ4n) is 1.46. The van der Waals surface area contributed by atoms with Crippen LogP contribution in [0.4, 0.5) is 0 Å². The Morgan fingerprint density at radius 2 is 2.00 bits per heavy atom. The maximum absolute atomic E-state index is 11.6. The third-order valence-electron chi connectivity index (χ3n) is 2.61. The number of hydrogen-bond acceptors (Lipinski definition) is 3. The second-order valence-electron chi connectivity index (χ2n) is 3.80. The van der Waals surface area contributed by atoms with Crippen LogP contribution >= 0.6 is 0 Å². The Morgan fingerprint density at radius 1 is 1.43 bits per heavy atom. The van der Waals surface area contributed by atoms with Gasteiger partial charge in [-0.15, -0.1) is 0 Å². The van der Waals surface area contributed by atoms with Crippen molar-refractivity contribution in [1.29, 1.82) is 0 Å². The van der Waals surface area contributed by atoms with E-state index in [1.165, 1.54) is 0 Å². The summed E-state index contributed by atoms with van der Waals surface area (Å²) in [7, 11) is 0. The molecule has 0 aliphatic heterocycles. The lowest BCUT2D eigenvalue weighted by Gasteiger charge is -2.29. The van der Waals surface area contributed by atoms with Gasteiger partial charge in [0.05, 0.1) is 18.1 Å². The molecule has 0 aliphatic carbocycles. The lowest BCUT2D eigenvalue weighted by Crippen LogP contribution is -2.40. The molecule has 0 saturated heterocycles. The summed E-state index contributed by atoms with van der Waals surface area (Å²) in [5, 5.41) is 10.0. The topological polar surface area (TPSA) is 46.5 Å². The van der Waals surface area contributed by atoms with Crippen LogP contribution in [0.5, 0.6) is 0 Å². The first-order valence-electron chi connectivity index (χ1n) is 5.38. The molecule has 0 aromatic rings. The van der Waals surface area contributed by atoms with Gasteiger partial charge in [-0.25, -0.2) is 0 Å². The SMILES string of the molecule is CCCC(C(=O)OCC)C(C)(O)CC. The van der Waals surface area contributed by atoms with E-state index in [-0.39, 0.29) is 5.97 Å². The molecule has 0 radical (unpaired) electrons. The van der Waals surface area contributed by atoms with Crippen LogP contribution in [0.2, 0.25) is 0 Å². The number of hydrogen-bond donors (Lipinski definition) is 1. The van der Waals surface area contributed by atoms with E-state index in [1.807, 2.05) is 13.8 Å². The Hall–Kier alpha value is -0.570. The molecular formula is C11H22O3. The molecule has 0 aliphatic rings. The zero-order chi connectivity index (χ0) is 11.2. The molecule has 0 rings (SSSR count). The maximum Gasteiger partial charge on any atom is 0.311 e. The van der Waals surface area contributed by atoms with Crippen molar-refractivity contribution in [1.82, 2.24) is 0 Å². The highest BCUT2D eigenvalue weighted by atomic mass is 16.5. The first-order chi connectivity index (χ1) is 6.49. The van der Waals surface area contributed by atoms with E-state index in [2.05, 4.69) is 0 Å². The fraction of sp³-hybridized carbons (Fsp3) is 0.909. The minimum absolute atomic E-state index is 0.277. The second-order valence-corrected chi connectivity index (χ2v) is 3.80. The van der Waals surface area contributed by atoms with Gasteiger partial charge in [-0.05, 0) is 26.7 Å². The summed E-state index contributed by atoms with van der Waals surface area (Å²) in [4.78, 5) is 11.6. The van der Waals surface area contributed by atoms with Crippen LogP contribution in [0.15, 0.2) is 0 Å². The number of ether oxygens (including phenoxy) is 1. The van der Waals surface area contributed by atoms with E-state index < -0.39 is 11.5 Å². The molecule has 0 spiro atoms. The van der Waals surface area contributed by atoms with Gasteiger partial charge < -0.3 is 9.84 Å². The zero-order valence-electron chi connectivity index (χ0n) is 9.67. The predicted octanol–water partition coefficient (Wildman–Crippen LogP) is 2.13. The first kappa shape index (κ1) is 13.4. The molecule has 0 aromatic carbocycles. The van der Waals surface area contributed by atoms with Crippen LogP contribution in [-0.2, 0) is 9.53 Å². The van der Waals surface area contributed by atoms with Crippen molar-refractivity contribution in [3.05, 3.63) is 0 Å². The minimum Gasteiger partial charge on any atom is -0.466 e. The highest BCUT2D eigenvalue weighted by molar-refractivity contribution is 5.73. The fourth-order valence-corrected chi connectivity index (χ4v) is 1.46. The summed E-state index contributed by atoms with van der Waals surface area (Å²) >= 11 is 0. The standard InChI is InChI=1S/C11H22O3/c1-5-8-9(10(12)14-7-3)11(4,13)6-2/h9,13H,5-8H2,1-4H3. The van der Waals surface area contributed by atoms with Crippen LogP contribution in [-0.4, -0.2) is 23.3 Å². The Kier molecular flexibility index (Phi) is 5.77. The molecule has 0 amide bonds. The number of aliphatic hydroxyl groups is 1. The van der Waals surface area contributed by atoms with Gasteiger partial charge in [-0.2, -0.15) is 0 Å². The summed E-state index contributed by atoms with van der Waals surface area (Å²) in [6.07, 6.45) is 2.12. The highest BCUT2D eigenvalue weighted by Crippen LogP contribution is 2.26. The van der Waals surface area contributed by atoms with Gasteiger partial charge in [-0.1, -0.05) is 20.3 Å². The van der Waals surface area contributed by atoms with Crippen molar-refractivity contribution in [2.75, 3.05) is 6.61 Å². The largest absolute Gasteiger partial charge is 0.466 e. The third kappa shape index (κ3) is 3.66. The Labute approximate surface area is 86.5 Å². The monoisotopic (exact) mass is 202 g/mol. The van der Waals surface area contributed by atoms with Crippen molar-refractivity contribution in [2.24, 2.45) is 5.92 Å². The Morgan fingerprint density at radius 3 is 2.36 bits per heavy atom. The normalized spacial score (nSPS) is 17.2. The molecule has 3 nitrogen and oxygen atoms in total. The number of esters is 1. The van der Waals surface area contributed by atoms with Crippen LogP contribution in [0.25, 0.3) is 0 Å². The van der Waals surface area contributed by atoms with E-state index in [0.717, 1.165) is 6.42 Å². The first-order valence-corrected chi connectivity index (χ1v) is 5.38. The molecule has 0 heterocycles. The van der Waals surface area contributed by atoms with Crippen molar-refractivity contribution >= 4 is 5.97 Å². The molecule has 2 atom stereocenters. The van der Waals surface area contributed by atoms with Crippen molar-refractivity contribution < 1.29 is 14.6 Å². The molecule has 2 unspecified atom stereocenters. The average molecular weight is 202 g/mol. The van der Waals surface area contributed by atoms with Crippen molar-refractivity contribution in [3.8, 4) is 0 Å². The minimum atomic E-state index is -0.942. The predicted molar refractivity (Wildman–Crippen MR) is 55.9 cm³/mol. The van der Waals surface area contributed by atoms with Gasteiger partial charge >= 0.3 is 5.97 Å². The van der Waals surface area contributed by atoms with Gasteiger partial charge in [-0.3, -0.25) is 4.79 Å². The van der Waals surface area contributed by atoms with E-state index in [1.54, 1.807) is 13.8 Å². The zero-order valence-corrected chi connectivity index (χ0v) is 9.67.